The molecule has 0 N–H and O–H groups in total. The maximum Gasteiger partial charge on any atom is 0.220 e. The van der Waals surface area contributed by atoms with Crippen molar-refractivity contribution in [2.45, 2.75) is 13.8 Å². The molecule has 13 aromatic rings. The summed E-state index contributed by atoms with van der Waals surface area (Å²) < 4.78 is 20.3. The number of furan rings is 2. The molecule has 0 saturated carbocycles. The molecule has 0 aliphatic rings. The third-order valence-corrected chi connectivity index (χ3v) is 11.9. The molecule has 0 amide bonds. The van der Waals surface area contributed by atoms with E-state index in [1.165, 1.54) is 21.9 Å². The number of fused-ring (bicyclic) bond motifs is 14. The third kappa shape index (κ3) is 4.16. The van der Waals surface area contributed by atoms with Gasteiger partial charge in [0, 0.05) is 32.3 Å². The summed E-state index contributed by atoms with van der Waals surface area (Å²) in [6.07, 6.45) is 0. The van der Waals surface area contributed by atoms with E-state index in [4.69, 9.17) is 13.8 Å². The van der Waals surface area contributed by atoms with Gasteiger partial charge in [0.05, 0.1) is 44.5 Å². The summed E-state index contributed by atoms with van der Waals surface area (Å²) in [5.74, 6) is 0.848. The van der Waals surface area contributed by atoms with Gasteiger partial charge >= 0.3 is 0 Å². The highest BCUT2D eigenvalue weighted by Gasteiger charge is 2.23. The molecule has 0 unspecified atom stereocenters. The van der Waals surface area contributed by atoms with Gasteiger partial charge in [0.2, 0.25) is 5.78 Å². The van der Waals surface area contributed by atoms with Crippen LogP contribution in [0.25, 0.3) is 116 Å². The lowest BCUT2D eigenvalue weighted by molar-refractivity contribution is 0.666. The van der Waals surface area contributed by atoms with E-state index in [1.807, 2.05) is 6.07 Å². The predicted octanol–water partition coefficient (Wildman–Crippen LogP) is 13.6. The quantitative estimate of drug-likeness (QED) is 0.182. The van der Waals surface area contributed by atoms with Crippen LogP contribution in [0.1, 0.15) is 11.1 Å². The van der Waals surface area contributed by atoms with Gasteiger partial charge in [-0.3, -0.25) is 8.97 Å². The molecule has 8 aromatic carbocycles. The summed E-state index contributed by atoms with van der Waals surface area (Å²) >= 11 is 0. The van der Waals surface area contributed by atoms with Crippen LogP contribution < -0.4 is 0 Å². The van der Waals surface area contributed by atoms with Crippen LogP contribution in [0.2, 0.25) is 0 Å². The second-order valence-electron chi connectivity index (χ2n) is 15.4. The first-order valence-electron chi connectivity index (χ1n) is 19.4. The van der Waals surface area contributed by atoms with Crippen molar-refractivity contribution < 1.29 is 8.83 Å². The van der Waals surface area contributed by atoms with E-state index in [2.05, 4.69) is 179 Å². The minimum Gasteiger partial charge on any atom is -0.454 e. The Kier molecular flexibility index (Phi) is 5.94. The van der Waals surface area contributed by atoms with Gasteiger partial charge in [-0.05, 0) is 110 Å². The standard InChI is InChI=1S/C51H32N4O2/c1-29-18-22-47-36(24-29)34-11-9-17-45(49(34)56-47)53-40-13-5-3-10-33(40)35-26-31(20-21-41(35)53)32-27-38-37-25-30(2)19-23-48(37)57-50(38)46(28-32)55-44-16-8-7-15-43(44)54-42-14-6-4-12-39(42)52-51(54)55/h3-28H,1-2H3. The molecule has 0 fully saturated rings. The Morgan fingerprint density at radius 1 is 0.404 bits per heavy atom. The van der Waals surface area contributed by atoms with Crippen molar-refractivity contribution in [1.29, 1.82) is 0 Å². The normalized spacial score (nSPS) is 12.4. The molecule has 13 rings (SSSR count). The number of hydrogen-bond acceptors (Lipinski definition) is 3. The van der Waals surface area contributed by atoms with Crippen LogP contribution in [0.4, 0.5) is 0 Å². The van der Waals surface area contributed by atoms with Crippen molar-refractivity contribution in [3.63, 3.8) is 0 Å². The smallest absolute Gasteiger partial charge is 0.220 e. The van der Waals surface area contributed by atoms with Gasteiger partial charge in [-0.2, -0.15) is 0 Å². The first kappa shape index (κ1) is 30.7. The fraction of sp³-hybridized carbons (Fsp3) is 0.0392. The minimum absolute atomic E-state index is 0.835. The fourth-order valence-electron chi connectivity index (χ4n) is 9.38. The summed E-state index contributed by atoms with van der Waals surface area (Å²) in [4.78, 5) is 5.23. The van der Waals surface area contributed by atoms with Crippen LogP contribution in [0.15, 0.2) is 167 Å². The number of hydrogen-bond donors (Lipinski definition) is 0. The van der Waals surface area contributed by atoms with Crippen LogP contribution in [-0.4, -0.2) is 18.5 Å². The molecule has 0 spiro atoms. The number of imidazole rings is 2. The second kappa shape index (κ2) is 11.0. The number of para-hydroxylation sites is 6. The van der Waals surface area contributed by atoms with E-state index < -0.39 is 0 Å². The van der Waals surface area contributed by atoms with Crippen molar-refractivity contribution in [2.75, 3.05) is 0 Å². The number of benzene rings is 8. The highest BCUT2D eigenvalue weighted by molar-refractivity contribution is 6.15. The van der Waals surface area contributed by atoms with E-state index in [1.54, 1.807) is 0 Å². The molecule has 0 radical (unpaired) electrons. The molecule has 5 heterocycles. The summed E-state index contributed by atoms with van der Waals surface area (Å²) in [7, 11) is 0. The van der Waals surface area contributed by atoms with Crippen molar-refractivity contribution in [2.24, 2.45) is 0 Å². The SMILES string of the molecule is Cc1ccc2oc3c(-n4c5ccccc5c5cc(-c6cc(-n7c8ccccc8n8c9ccccc9nc78)c7oc8ccc(C)cc8c7c6)ccc54)cccc3c2c1. The Balaban J connectivity index is 1.10. The van der Waals surface area contributed by atoms with Crippen LogP contribution in [-0.2, 0) is 0 Å². The van der Waals surface area contributed by atoms with Gasteiger partial charge in [-0.15, -0.1) is 0 Å². The van der Waals surface area contributed by atoms with Crippen LogP contribution >= 0.6 is 0 Å². The zero-order valence-corrected chi connectivity index (χ0v) is 31.1. The molecule has 5 aromatic heterocycles. The summed E-state index contributed by atoms with van der Waals surface area (Å²) in [6, 6.07) is 56.4. The molecule has 0 saturated heterocycles. The van der Waals surface area contributed by atoms with Crippen molar-refractivity contribution in [3.8, 4) is 22.5 Å². The summed E-state index contributed by atoms with van der Waals surface area (Å²) in [5, 5.41) is 6.79. The molecule has 0 atom stereocenters. The zero-order valence-electron chi connectivity index (χ0n) is 31.1. The number of aromatic nitrogens is 4. The molecule has 6 heteroatoms. The zero-order chi connectivity index (χ0) is 37.5. The Bertz CT molecular complexity index is 3850. The largest absolute Gasteiger partial charge is 0.454 e. The molecule has 0 aliphatic carbocycles. The van der Waals surface area contributed by atoms with E-state index >= 15 is 0 Å². The topological polar surface area (TPSA) is 53.4 Å². The van der Waals surface area contributed by atoms with Crippen molar-refractivity contribution in [1.82, 2.24) is 18.5 Å². The summed E-state index contributed by atoms with van der Waals surface area (Å²) in [5.41, 5.74) is 16.5. The van der Waals surface area contributed by atoms with E-state index in [0.717, 1.165) is 105 Å². The lowest BCUT2D eigenvalue weighted by Crippen LogP contribution is -1.97. The molecule has 0 aliphatic heterocycles. The molecular formula is C51H32N4O2. The number of aryl methyl sites for hydroxylation is 2. The van der Waals surface area contributed by atoms with Crippen LogP contribution in [0, 0.1) is 13.8 Å². The first-order chi connectivity index (χ1) is 28.1. The minimum atomic E-state index is 0.835. The summed E-state index contributed by atoms with van der Waals surface area (Å²) in [6.45, 7) is 4.27. The Labute approximate surface area is 325 Å². The molecule has 0 bridgehead atoms. The average molecular weight is 733 g/mol. The number of rotatable bonds is 3. The predicted molar refractivity (Wildman–Crippen MR) is 233 cm³/mol. The Morgan fingerprint density at radius 3 is 1.84 bits per heavy atom. The van der Waals surface area contributed by atoms with Crippen molar-refractivity contribution in [3.05, 3.63) is 169 Å². The lowest BCUT2D eigenvalue weighted by atomic mass is 9.99. The van der Waals surface area contributed by atoms with E-state index in [9.17, 15) is 0 Å². The Morgan fingerprint density at radius 2 is 1.04 bits per heavy atom. The fourth-order valence-corrected chi connectivity index (χ4v) is 9.38. The monoisotopic (exact) mass is 732 g/mol. The second-order valence-corrected chi connectivity index (χ2v) is 15.4. The van der Waals surface area contributed by atoms with E-state index in [-0.39, 0.29) is 0 Å². The van der Waals surface area contributed by atoms with Crippen LogP contribution in [0.3, 0.4) is 0 Å². The molecule has 57 heavy (non-hydrogen) atoms. The highest BCUT2D eigenvalue weighted by atomic mass is 16.3. The third-order valence-electron chi connectivity index (χ3n) is 11.9. The van der Waals surface area contributed by atoms with Crippen molar-refractivity contribution >= 4 is 93.5 Å². The van der Waals surface area contributed by atoms with E-state index in [0.29, 0.717) is 0 Å². The van der Waals surface area contributed by atoms with Gasteiger partial charge in [-0.1, -0.05) is 83.9 Å². The van der Waals surface area contributed by atoms with Gasteiger partial charge in [0.15, 0.2) is 11.2 Å². The van der Waals surface area contributed by atoms with Gasteiger partial charge < -0.3 is 13.4 Å². The molecule has 268 valence electrons. The highest BCUT2D eigenvalue weighted by Crippen LogP contribution is 2.43. The van der Waals surface area contributed by atoms with Gasteiger partial charge in [0.1, 0.15) is 11.2 Å². The van der Waals surface area contributed by atoms with Gasteiger partial charge in [-0.25, -0.2) is 4.98 Å². The molecule has 6 nitrogen and oxygen atoms in total. The first-order valence-corrected chi connectivity index (χ1v) is 19.4. The van der Waals surface area contributed by atoms with Gasteiger partial charge in [0.25, 0.3) is 0 Å². The Hall–Kier alpha value is -7.57. The lowest BCUT2D eigenvalue weighted by Gasteiger charge is -2.11. The molecular weight excluding hydrogens is 701 g/mol. The number of nitrogens with zero attached hydrogens (tertiary/aromatic N) is 4. The maximum atomic E-state index is 6.80. The maximum absolute atomic E-state index is 6.80. The average Bonchev–Trinajstić information content (AvgIpc) is 4.04. The van der Waals surface area contributed by atoms with Crippen LogP contribution in [0.5, 0.6) is 0 Å².